The van der Waals surface area contributed by atoms with Gasteiger partial charge in [-0.2, -0.15) is 0 Å². The van der Waals surface area contributed by atoms with Crippen LogP contribution >= 0.6 is 0 Å². The van der Waals surface area contributed by atoms with E-state index in [1.165, 1.54) is 25.7 Å². The van der Waals surface area contributed by atoms with Crippen molar-refractivity contribution in [3.8, 4) is 0 Å². The predicted octanol–water partition coefficient (Wildman–Crippen LogP) is 3.63. The summed E-state index contributed by atoms with van der Waals surface area (Å²) in [6.45, 7) is 8.57. The molecule has 78 valence electrons. The van der Waals surface area contributed by atoms with Gasteiger partial charge in [0.05, 0.1) is 12.2 Å². The average Bonchev–Trinajstić information content (AvgIpc) is 2.47. The average molecular weight is 184 g/mol. The molecule has 0 bridgehead atoms. The second-order valence-electron chi connectivity index (χ2n) is 4.19. The van der Waals surface area contributed by atoms with E-state index in [0.717, 1.165) is 11.8 Å². The van der Waals surface area contributed by atoms with Crippen molar-refractivity contribution >= 4 is 0 Å². The van der Waals surface area contributed by atoms with E-state index in [1.54, 1.807) is 0 Å². The fourth-order valence-electron chi connectivity index (χ4n) is 2.64. The SMILES string of the molecule is CC.CC1OC2CCCCC2C1C. The van der Waals surface area contributed by atoms with E-state index in [9.17, 15) is 0 Å². The minimum absolute atomic E-state index is 0.517. The molecule has 13 heavy (non-hydrogen) atoms. The first-order valence-electron chi connectivity index (χ1n) is 5.94. The smallest absolute Gasteiger partial charge is 0.0610 e. The maximum absolute atomic E-state index is 5.88. The van der Waals surface area contributed by atoms with Gasteiger partial charge in [-0.05, 0) is 31.6 Å². The minimum atomic E-state index is 0.517. The van der Waals surface area contributed by atoms with E-state index in [4.69, 9.17) is 4.74 Å². The van der Waals surface area contributed by atoms with Crippen LogP contribution in [0.4, 0.5) is 0 Å². The van der Waals surface area contributed by atoms with Gasteiger partial charge in [0.2, 0.25) is 0 Å². The van der Waals surface area contributed by atoms with E-state index in [1.807, 2.05) is 13.8 Å². The summed E-state index contributed by atoms with van der Waals surface area (Å²) in [6.07, 6.45) is 6.69. The molecule has 4 unspecified atom stereocenters. The molecule has 0 aromatic rings. The molecule has 1 saturated carbocycles. The van der Waals surface area contributed by atoms with E-state index in [0.29, 0.717) is 12.2 Å². The normalized spacial score (nSPS) is 43.4. The van der Waals surface area contributed by atoms with Crippen LogP contribution < -0.4 is 0 Å². The van der Waals surface area contributed by atoms with Gasteiger partial charge in [0.15, 0.2) is 0 Å². The van der Waals surface area contributed by atoms with Crippen LogP contribution in [0.1, 0.15) is 53.4 Å². The minimum Gasteiger partial charge on any atom is -0.375 e. The summed E-state index contributed by atoms with van der Waals surface area (Å²) in [5, 5.41) is 0. The summed E-state index contributed by atoms with van der Waals surface area (Å²) in [5.41, 5.74) is 0. The molecule has 0 aromatic carbocycles. The summed E-state index contributed by atoms with van der Waals surface area (Å²) >= 11 is 0. The molecule has 0 spiro atoms. The van der Waals surface area contributed by atoms with E-state index in [2.05, 4.69) is 13.8 Å². The van der Waals surface area contributed by atoms with Crippen LogP contribution in [0.3, 0.4) is 0 Å². The van der Waals surface area contributed by atoms with Crippen molar-refractivity contribution in [1.29, 1.82) is 0 Å². The zero-order valence-electron chi connectivity index (χ0n) is 9.55. The quantitative estimate of drug-likeness (QED) is 0.558. The molecule has 0 N–H and O–H groups in total. The van der Waals surface area contributed by atoms with Crippen LogP contribution in [-0.2, 0) is 4.74 Å². The number of hydrogen-bond donors (Lipinski definition) is 0. The highest BCUT2D eigenvalue weighted by Gasteiger charge is 2.40. The van der Waals surface area contributed by atoms with Crippen molar-refractivity contribution in [2.45, 2.75) is 65.6 Å². The molecule has 0 radical (unpaired) electrons. The Bertz CT molecular complexity index is 144. The lowest BCUT2D eigenvalue weighted by Crippen LogP contribution is -2.23. The zero-order chi connectivity index (χ0) is 9.84. The Labute approximate surface area is 82.9 Å². The van der Waals surface area contributed by atoms with Crippen molar-refractivity contribution in [3.05, 3.63) is 0 Å². The molecule has 1 nitrogen and oxygen atoms in total. The predicted molar refractivity (Wildman–Crippen MR) is 56.8 cm³/mol. The van der Waals surface area contributed by atoms with Gasteiger partial charge >= 0.3 is 0 Å². The standard InChI is InChI=1S/C10H18O.C2H6/c1-7-8(2)11-10-6-4-3-5-9(7)10;1-2/h7-10H,3-6H2,1-2H3;1-2H3. The number of ether oxygens (including phenoxy) is 1. The Morgan fingerprint density at radius 1 is 1.00 bits per heavy atom. The fraction of sp³-hybridized carbons (Fsp3) is 1.00. The highest BCUT2D eigenvalue weighted by molar-refractivity contribution is 4.88. The van der Waals surface area contributed by atoms with Gasteiger partial charge in [-0.1, -0.05) is 33.6 Å². The van der Waals surface area contributed by atoms with Crippen LogP contribution in [0.25, 0.3) is 0 Å². The van der Waals surface area contributed by atoms with Crippen molar-refractivity contribution in [2.24, 2.45) is 11.8 Å². The largest absolute Gasteiger partial charge is 0.375 e. The third-order valence-corrected chi connectivity index (χ3v) is 3.56. The highest BCUT2D eigenvalue weighted by Crippen LogP contribution is 2.40. The first kappa shape index (κ1) is 11.0. The Hall–Kier alpha value is -0.0400. The second-order valence-corrected chi connectivity index (χ2v) is 4.19. The van der Waals surface area contributed by atoms with Crippen molar-refractivity contribution in [2.75, 3.05) is 0 Å². The lowest BCUT2D eigenvalue weighted by atomic mass is 9.80. The van der Waals surface area contributed by atoms with Crippen LogP contribution in [0, 0.1) is 11.8 Å². The number of rotatable bonds is 0. The molecule has 1 saturated heterocycles. The summed E-state index contributed by atoms with van der Waals surface area (Å²) in [4.78, 5) is 0. The molecule has 1 heterocycles. The van der Waals surface area contributed by atoms with E-state index < -0.39 is 0 Å². The van der Waals surface area contributed by atoms with Gasteiger partial charge in [0.25, 0.3) is 0 Å². The second kappa shape index (κ2) is 4.99. The summed E-state index contributed by atoms with van der Waals surface area (Å²) in [7, 11) is 0. The lowest BCUT2D eigenvalue weighted by Gasteiger charge is -2.25. The molecule has 0 aromatic heterocycles. The zero-order valence-corrected chi connectivity index (χ0v) is 9.55. The van der Waals surface area contributed by atoms with Crippen molar-refractivity contribution in [3.63, 3.8) is 0 Å². The molecule has 1 heteroatoms. The highest BCUT2D eigenvalue weighted by atomic mass is 16.5. The molecule has 2 rings (SSSR count). The van der Waals surface area contributed by atoms with E-state index >= 15 is 0 Å². The molecule has 2 fully saturated rings. The monoisotopic (exact) mass is 184 g/mol. The third-order valence-electron chi connectivity index (χ3n) is 3.56. The fourth-order valence-corrected chi connectivity index (χ4v) is 2.64. The summed E-state index contributed by atoms with van der Waals surface area (Å²) < 4.78 is 5.88. The van der Waals surface area contributed by atoms with Gasteiger partial charge in [-0.3, -0.25) is 0 Å². The first-order chi connectivity index (χ1) is 6.29. The van der Waals surface area contributed by atoms with Gasteiger partial charge in [0.1, 0.15) is 0 Å². The Morgan fingerprint density at radius 2 is 1.62 bits per heavy atom. The molecular formula is C12H24O. The van der Waals surface area contributed by atoms with Gasteiger partial charge < -0.3 is 4.74 Å². The molecule has 0 amide bonds. The number of fused-ring (bicyclic) bond motifs is 1. The van der Waals surface area contributed by atoms with Gasteiger partial charge in [-0.15, -0.1) is 0 Å². The van der Waals surface area contributed by atoms with Crippen LogP contribution in [0.15, 0.2) is 0 Å². The molecule has 1 aliphatic heterocycles. The molecule has 1 aliphatic carbocycles. The summed E-state index contributed by atoms with van der Waals surface area (Å²) in [6, 6.07) is 0. The van der Waals surface area contributed by atoms with Crippen molar-refractivity contribution < 1.29 is 4.74 Å². The Kier molecular flexibility index (Phi) is 4.24. The molecule has 4 atom stereocenters. The maximum Gasteiger partial charge on any atom is 0.0610 e. The number of hydrogen-bond acceptors (Lipinski definition) is 1. The van der Waals surface area contributed by atoms with Crippen LogP contribution in [-0.4, -0.2) is 12.2 Å². The maximum atomic E-state index is 5.88. The van der Waals surface area contributed by atoms with Crippen LogP contribution in [0.5, 0.6) is 0 Å². The molecular weight excluding hydrogens is 160 g/mol. The lowest BCUT2D eigenvalue weighted by molar-refractivity contribution is 0.0252. The van der Waals surface area contributed by atoms with Gasteiger partial charge in [-0.25, -0.2) is 0 Å². The third kappa shape index (κ3) is 2.25. The Morgan fingerprint density at radius 3 is 2.23 bits per heavy atom. The Balaban J connectivity index is 0.000000396. The topological polar surface area (TPSA) is 9.23 Å². The van der Waals surface area contributed by atoms with Gasteiger partial charge in [0, 0.05) is 0 Å². The molecule has 2 aliphatic rings. The van der Waals surface area contributed by atoms with E-state index in [-0.39, 0.29) is 0 Å². The van der Waals surface area contributed by atoms with Crippen LogP contribution in [0.2, 0.25) is 0 Å². The van der Waals surface area contributed by atoms with Crippen molar-refractivity contribution in [1.82, 2.24) is 0 Å². The first-order valence-corrected chi connectivity index (χ1v) is 5.94. The summed E-state index contributed by atoms with van der Waals surface area (Å²) in [5.74, 6) is 1.69.